The molecule has 3 rings (SSSR count). The monoisotopic (exact) mass is 338 g/mol. The Hall–Kier alpha value is -2.53. The molecule has 132 valence electrons. The summed E-state index contributed by atoms with van der Waals surface area (Å²) >= 11 is 0. The van der Waals surface area contributed by atoms with E-state index in [0.717, 1.165) is 37.3 Å². The van der Waals surface area contributed by atoms with E-state index < -0.39 is 0 Å². The van der Waals surface area contributed by atoms with Crippen LogP contribution in [0.3, 0.4) is 0 Å². The molecule has 3 N–H and O–H groups in total. The second-order valence-electron chi connectivity index (χ2n) is 6.67. The van der Waals surface area contributed by atoms with Crippen LogP contribution in [0.4, 0.5) is 11.4 Å². The van der Waals surface area contributed by atoms with Crippen molar-refractivity contribution in [3.63, 3.8) is 0 Å². The third-order valence-corrected chi connectivity index (χ3v) is 4.82. The maximum absolute atomic E-state index is 12.4. The first-order valence-corrected chi connectivity index (χ1v) is 8.70. The van der Waals surface area contributed by atoms with Crippen molar-refractivity contribution < 1.29 is 4.79 Å². The number of anilines is 2. The highest BCUT2D eigenvalue weighted by Gasteiger charge is 2.17. The number of carbonyl (C=O) groups excluding carboxylic acids is 1. The van der Waals surface area contributed by atoms with Crippen molar-refractivity contribution in [3.8, 4) is 0 Å². The molecular formula is C20H26N4O. The van der Waals surface area contributed by atoms with Gasteiger partial charge >= 0.3 is 0 Å². The molecule has 0 radical (unpaired) electrons. The maximum atomic E-state index is 12.4. The van der Waals surface area contributed by atoms with E-state index >= 15 is 0 Å². The van der Waals surface area contributed by atoms with Gasteiger partial charge in [-0.25, -0.2) is 0 Å². The number of hydrogen-bond donors (Lipinski definition) is 2. The van der Waals surface area contributed by atoms with Crippen molar-refractivity contribution in [2.45, 2.75) is 13.5 Å². The summed E-state index contributed by atoms with van der Waals surface area (Å²) in [5.74, 6) is -0.0973. The number of nitrogen functional groups attached to an aromatic ring is 1. The van der Waals surface area contributed by atoms with Gasteiger partial charge < -0.3 is 20.9 Å². The Kier molecular flexibility index (Phi) is 5.24. The fraction of sp³-hybridized carbons (Fsp3) is 0.350. The highest BCUT2D eigenvalue weighted by atomic mass is 16.1. The van der Waals surface area contributed by atoms with Crippen LogP contribution in [0.1, 0.15) is 21.5 Å². The van der Waals surface area contributed by atoms with Crippen molar-refractivity contribution in [2.24, 2.45) is 0 Å². The van der Waals surface area contributed by atoms with Crippen molar-refractivity contribution in [1.29, 1.82) is 0 Å². The molecule has 0 spiro atoms. The molecule has 2 aromatic rings. The number of likely N-dealkylation sites (N-methyl/N-ethyl adjacent to an activating group) is 1. The third kappa shape index (κ3) is 4.12. The summed E-state index contributed by atoms with van der Waals surface area (Å²) in [5, 5.41) is 3.02. The van der Waals surface area contributed by atoms with Crippen LogP contribution in [0, 0.1) is 6.92 Å². The number of nitrogens with two attached hydrogens (primary N) is 1. The van der Waals surface area contributed by atoms with Crippen molar-refractivity contribution in [3.05, 3.63) is 59.2 Å². The van der Waals surface area contributed by atoms with Gasteiger partial charge in [-0.05, 0) is 43.3 Å². The van der Waals surface area contributed by atoms with Gasteiger partial charge in [0, 0.05) is 49.7 Å². The Bertz CT molecular complexity index is 751. The zero-order valence-corrected chi connectivity index (χ0v) is 15.0. The summed E-state index contributed by atoms with van der Waals surface area (Å²) in [5.41, 5.74) is 10.5. The molecule has 5 nitrogen and oxygen atoms in total. The van der Waals surface area contributed by atoms with Gasteiger partial charge in [-0.3, -0.25) is 4.79 Å². The molecule has 1 aliphatic heterocycles. The standard InChI is InChI=1S/C20H26N4O/c1-15-7-8-16(13-18(15)21)20(25)22-14-17-5-3-4-6-19(17)24-11-9-23(2)10-12-24/h3-8,13H,9-12,14,21H2,1-2H3,(H,22,25). The Morgan fingerprint density at radius 2 is 1.84 bits per heavy atom. The molecule has 0 saturated carbocycles. The molecular weight excluding hydrogens is 312 g/mol. The van der Waals surface area contributed by atoms with Crippen LogP contribution < -0.4 is 16.0 Å². The molecule has 0 atom stereocenters. The molecule has 1 saturated heterocycles. The number of aryl methyl sites for hydroxylation is 1. The van der Waals surface area contributed by atoms with Crippen LogP contribution in [0.5, 0.6) is 0 Å². The third-order valence-electron chi connectivity index (χ3n) is 4.82. The molecule has 2 aromatic carbocycles. The Balaban J connectivity index is 1.69. The average Bonchev–Trinajstić information content (AvgIpc) is 2.63. The van der Waals surface area contributed by atoms with Gasteiger partial charge in [0.25, 0.3) is 5.91 Å². The molecule has 25 heavy (non-hydrogen) atoms. The van der Waals surface area contributed by atoms with Gasteiger partial charge in [-0.2, -0.15) is 0 Å². The fourth-order valence-electron chi connectivity index (χ4n) is 3.08. The minimum atomic E-state index is -0.0973. The highest BCUT2D eigenvalue weighted by Crippen LogP contribution is 2.22. The molecule has 1 amide bonds. The Morgan fingerprint density at radius 3 is 2.56 bits per heavy atom. The average molecular weight is 338 g/mol. The van der Waals surface area contributed by atoms with Gasteiger partial charge in [0.05, 0.1) is 0 Å². The predicted octanol–water partition coefficient (Wildman–Crippen LogP) is 2.26. The molecule has 0 aliphatic carbocycles. The number of benzene rings is 2. The van der Waals surface area contributed by atoms with E-state index in [1.165, 1.54) is 5.69 Å². The number of rotatable bonds is 4. The van der Waals surface area contributed by atoms with E-state index in [-0.39, 0.29) is 5.91 Å². The van der Waals surface area contributed by atoms with E-state index in [1.807, 2.05) is 25.1 Å². The van der Waals surface area contributed by atoms with Gasteiger partial charge in [-0.1, -0.05) is 24.3 Å². The maximum Gasteiger partial charge on any atom is 0.251 e. The molecule has 0 bridgehead atoms. The molecule has 0 aromatic heterocycles. The number of para-hydroxylation sites is 1. The van der Waals surface area contributed by atoms with Crippen LogP contribution in [0.15, 0.2) is 42.5 Å². The largest absolute Gasteiger partial charge is 0.398 e. The zero-order valence-electron chi connectivity index (χ0n) is 15.0. The lowest BCUT2D eigenvalue weighted by atomic mass is 10.1. The Morgan fingerprint density at radius 1 is 1.12 bits per heavy atom. The smallest absolute Gasteiger partial charge is 0.251 e. The zero-order chi connectivity index (χ0) is 17.8. The van der Waals surface area contributed by atoms with Gasteiger partial charge in [0.2, 0.25) is 0 Å². The quantitative estimate of drug-likeness (QED) is 0.840. The predicted molar refractivity (Wildman–Crippen MR) is 103 cm³/mol. The summed E-state index contributed by atoms with van der Waals surface area (Å²) in [4.78, 5) is 17.2. The summed E-state index contributed by atoms with van der Waals surface area (Å²) < 4.78 is 0. The minimum Gasteiger partial charge on any atom is -0.398 e. The second kappa shape index (κ2) is 7.57. The van der Waals surface area contributed by atoms with Crippen molar-refractivity contribution >= 4 is 17.3 Å². The first kappa shape index (κ1) is 17.3. The minimum absolute atomic E-state index is 0.0973. The van der Waals surface area contributed by atoms with Crippen molar-refractivity contribution in [2.75, 3.05) is 43.9 Å². The number of piperazine rings is 1. The van der Waals surface area contributed by atoms with Crippen LogP contribution in [0.2, 0.25) is 0 Å². The molecule has 0 unspecified atom stereocenters. The first-order valence-electron chi connectivity index (χ1n) is 8.70. The fourth-order valence-corrected chi connectivity index (χ4v) is 3.08. The van der Waals surface area contributed by atoms with Crippen LogP contribution in [0.25, 0.3) is 0 Å². The number of amides is 1. The SMILES string of the molecule is Cc1ccc(C(=O)NCc2ccccc2N2CCN(C)CC2)cc1N. The summed E-state index contributed by atoms with van der Waals surface area (Å²) in [6, 6.07) is 13.7. The van der Waals surface area contributed by atoms with E-state index in [1.54, 1.807) is 6.07 Å². The summed E-state index contributed by atoms with van der Waals surface area (Å²) in [6.07, 6.45) is 0. The van der Waals surface area contributed by atoms with E-state index in [0.29, 0.717) is 17.8 Å². The van der Waals surface area contributed by atoms with Crippen LogP contribution >= 0.6 is 0 Å². The van der Waals surface area contributed by atoms with E-state index in [9.17, 15) is 4.79 Å². The van der Waals surface area contributed by atoms with E-state index in [4.69, 9.17) is 5.73 Å². The number of nitrogens with one attached hydrogen (secondary N) is 1. The van der Waals surface area contributed by atoms with Gasteiger partial charge in [-0.15, -0.1) is 0 Å². The summed E-state index contributed by atoms with van der Waals surface area (Å²) in [6.45, 7) is 6.58. The lowest BCUT2D eigenvalue weighted by molar-refractivity contribution is 0.0951. The molecule has 5 heteroatoms. The number of hydrogen-bond acceptors (Lipinski definition) is 4. The van der Waals surface area contributed by atoms with Crippen molar-refractivity contribution in [1.82, 2.24) is 10.2 Å². The summed E-state index contributed by atoms with van der Waals surface area (Å²) in [7, 11) is 2.15. The highest BCUT2D eigenvalue weighted by molar-refractivity contribution is 5.95. The van der Waals surface area contributed by atoms with Crippen LogP contribution in [-0.2, 0) is 6.54 Å². The van der Waals surface area contributed by atoms with Gasteiger partial charge in [0.15, 0.2) is 0 Å². The lowest BCUT2D eigenvalue weighted by Crippen LogP contribution is -2.45. The topological polar surface area (TPSA) is 61.6 Å². The molecule has 1 heterocycles. The number of nitrogens with zero attached hydrogens (tertiary/aromatic N) is 2. The second-order valence-corrected chi connectivity index (χ2v) is 6.67. The first-order chi connectivity index (χ1) is 12.0. The normalized spacial score (nSPS) is 15.2. The molecule has 1 fully saturated rings. The van der Waals surface area contributed by atoms with Crippen LogP contribution in [-0.4, -0.2) is 44.0 Å². The number of carbonyl (C=O) groups is 1. The van der Waals surface area contributed by atoms with Gasteiger partial charge in [0.1, 0.15) is 0 Å². The Labute approximate surface area is 149 Å². The lowest BCUT2D eigenvalue weighted by Gasteiger charge is -2.35. The van der Waals surface area contributed by atoms with E-state index in [2.05, 4.69) is 40.4 Å². The molecule has 1 aliphatic rings.